The lowest BCUT2D eigenvalue weighted by atomic mass is 9.93. The van der Waals surface area contributed by atoms with Gasteiger partial charge in [-0.1, -0.05) is 30.3 Å². The van der Waals surface area contributed by atoms with Gasteiger partial charge in [-0.3, -0.25) is 9.59 Å². The topological polar surface area (TPSA) is 58.6 Å². The van der Waals surface area contributed by atoms with Crippen molar-refractivity contribution in [2.24, 2.45) is 0 Å². The molecule has 0 saturated heterocycles. The number of nitrogens with one attached hydrogen (secondary N) is 1. The molecule has 1 heterocycles. The van der Waals surface area contributed by atoms with Gasteiger partial charge in [-0.05, 0) is 41.8 Å². The monoisotopic (exact) mass is 350 g/mol. The average molecular weight is 350 g/mol. The minimum Gasteiger partial charge on any atom is -0.495 e. The van der Waals surface area contributed by atoms with Gasteiger partial charge in [0.2, 0.25) is 11.8 Å². The number of amides is 2. The van der Waals surface area contributed by atoms with Gasteiger partial charge in [0, 0.05) is 13.1 Å². The van der Waals surface area contributed by atoms with E-state index in [4.69, 9.17) is 4.74 Å². The summed E-state index contributed by atoms with van der Waals surface area (Å²) in [5.74, 6) is 0.341. The number of carbonyl (C=O) groups excluding carboxylic acids is 2. The third-order valence-corrected chi connectivity index (χ3v) is 4.48. The highest BCUT2D eigenvalue weighted by Crippen LogP contribution is 2.33. The van der Waals surface area contributed by atoms with E-state index >= 15 is 0 Å². The summed E-state index contributed by atoms with van der Waals surface area (Å²) in [7, 11) is 1.57. The summed E-state index contributed by atoms with van der Waals surface area (Å²) in [4.78, 5) is 26.3. The van der Waals surface area contributed by atoms with Crippen LogP contribution in [0.4, 0.5) is 5.69 Å². The summed E-state index contributed by atoms with van der Waals surface area (Å²) in [6.45, 7) is 3.46. The molecule has 0 saturated carbocycles. The molecule has 5 heteroatoms. The summed E-state index contributed by atoms with van der Waals surface area (Å²) < 4.78 is 5.32. The van der Waals surface area contributed by atoms with Crippen LogP contribution in [0.2, 0.25) is 0 Å². The number of hydrogen-bond acceptors (Lipinski definition) is 3. The smallest absolute Gasteiger partial charge is 0.226 e. The quantitative estimate of drug-likeness (QED) is 0.910. The molecule has 2 aromatic rings. The fourth-order valence-corrected chi connectivity index (χ4v) is 3.21. The molecule has 1 aliphatic rings. The molecule has 1 atom stereocenters. The number of fused-ring (bicyclic) bond motifs is 1. The van der Waals surface area contributed by atoms with Gasteiger partial charge in [0.25, 0.3) is 0 Å². The van der Waals surface area contributed by atoms with Crippen molar-refractivity contribution >= 4 is 23.6 Å². The minimum atomic E-state index is -0.329. The maximum Gasteiger partial charge on any atom is 0.226 e. The molecule has 3 rings (SSSR count). The summed E-state index contributed by atoms with van der Waals surface area (Å²) in [5, 5.41) is 2.91. The van der Waals surface area contributed by atoms with Crippen molar-refractivity contribution in [2.75, 3.05) is 12.4 Å². The van der Waals surface area contributed by atoms with E-state index in [9.17, 15) is 9.59 Å². The normalized spacial score (nSPS) is 15.3. The molecule has 0 radical (unpaired) electrons. The summed E-state index contributed by atoms with van der Waals surface area (Å²) in [5.41, 5.74) is 3.65. The van der Waals surface area contributed by atoms with Crippen LogP contribution in [0.25, 0.3) is 6.08 Å². The van der Waals surface area contributed by atoms with Crippen molar-refractivity contribution in [2.45, 2.75) is 26.3 Å². The number of nitrogens with zero attached hydrogens (tertiary/aromatic N) is 1. The Morgan fingerprint density at radius 2 is 1.96 bits per heavy atom. The Morgan fingerprint density at radius 1 is 1.19 bits per heavy atom. The first-order valence-electron chi connectivity index (χ1n) is 8.50. The number of aryl methyl sites for hydroxylation is 1. The van der Waals surface area contributed by atoms with Gasteiger partial charge in [-0.25, -0.2) is 0 Å². The van der Waals surface area contributed by atoms with Crippen molar-refractivity contribution < 1.29 is 14.3 Å². The fourth-order valence-electron chi connectivity index (χ4n) is 3.21. The van der Waals surface area contributed by atoms with E-state index in [0.29, 0.717) is 11.4 Å². The van der Waals surface area contributed by atoms with E-state index in [0.717, 1.165) is 16.7 Å². The van der Waals surface area contributed by atoms with Gasteiger partial charge in [-0.2, -0.15) is 0 Å². The highest BCUT2D eigenvalue weighted by atomic mass is 16.5. The second-order valence-corrected chi connectivity index (χ2v) is 6.34. The number of rotatable bonds is 4. The molecule has 1 aliphatic heterocycles. The number of benzene rings is 2. The molecule has 2 aromatic carbocycles. The predicted octanol–water partition coefficient (Wildman–Crippen LogP) is 3.91. The van der Waals surface area contributed by atoms with E-state index in [2.05, 4.69) is 5.32 Å². The van der Waals surface area contributed by atoms with Crippen LogP contribution >= 0.6 is 0 Å². The molecular formula is C21H22N2O3. The number of carbonyl (C=O) groups is 2. The van der Waals surface area contributed by atoms with Crippen molar-refractivity contribution in [3.05, 3.63) is 65.4 Å². The molecular weight excluding hydrogens is 328 g/mol. The molecule has 2 amide bonds. The Labute approximate surface area is 153 Å². The Hall–Kier alpha value is -3.08. The zero-order valence-electron chi connectivity index (χ0n) is 15.2. The van der Waals surface area contributed by atoms with E-state index in [1.807, 2.05) is 55.5 Å². The molecule has 134 valence electrons. The Balaban J connectivity index is 1.84. The zero-order chi connectivity index (χ0) is 18.7. The van der Waals surface area contributed by atoms with Gasteiger partial charge < -0.3 is 15.0 Å². The van der Waals surface area contributed by atoms with Gasteiger partial charge in [0.15, 0.2) is 0 Å². The lowest BCUT2D eigenvalue weighted by Gasteiger charge is -2.32. The van der Waals surface area contributed by atoms with Crippen molar-refractivity contribution in [3.8, 4) is 5.75 Å². The largest absolute Gasteiger partial charge is 0.495 e. The molecule has 0 aliphatic carbocycles. The maximum absolute atomic E-state index is 12.7. The Kier molecular flexibility index (Phi) is 5.07. The molecule has 0 aromatic heterocycles. The standard InChI is InChI=1S/C21H22N2O3/c1-14-8-9-20(26-3)18(12-14)22-21(25)13-19-17-7-5-4-6-16(17)10-11-23(19)15(2)24/h4-12,19H,13H2,1-3H3,(H,22,25)/t19-/m1/s1. The van der Waals surface area contributed by atoms with Crippen LogP contribution in [0.1, 0.15) is 36.1 Å². The Morgan fingerprint density at radius 3 is 2.69 bits per heavy atom. The van der Waals surface area contributed by atoms with E-state index < -0.39 is 0 Å². The molecule has 5 nitrogen and oxygen atoms in total. The van der Waals surface area contributed by atoms with Crippen molar-refractivity contribution in [1.29, 1.82) is 0 Å². The second kappa shape index (κ2) is 7.44. The average Bonchev–Trinajstić information content (AvgIpc) is 2.62. The van der Waals surface area contributed by atoms with Gasteiger partial charge in [0.1, 0.15) is 5.75 Å². The van der Waals surface area contributed by atoms with Crippen molar-refractivity contribution in [3.63, 3.8) is 0 Å². The fraction of sp³-hybridized carbons (Fsp3) is 0.238. The van der Waals surface area contributed by atoms with Gasteiger partial charge >= 0.3 is 0 Å². The Bertz CT molecular complexity index is 873. The lowest BCUT2D eigenvalue weighted by Crippen LogP contribution is -2.33. The third kappa shape index (κ3) is 3.61. The molecule has 0 unspecified atom stereocenters. The van der Waals surface area contributed by atoms with Crippen molar-refractivity contribution in [1.82, 2.24) is 4.90 Å². The summed E-state index contributed by atoms with van der Waals surface area (Å²) in [6.07, 6.45) is 3.81. The van der Waals surface area contributed by atoms with Crippen LogP contribution in [0.3, 0.4) is 0 Å². The first-order chi connectivity index (χ1) is 12.5. The molecule has 1 N–H and O–H groups in total. The van der Waals surface area contributed by atoms with Crippen LogP contribution in [0, 0.1) is 6.92 Å². The highest BCUT2D eigenvalue weighted by Gasteiger charge is 2.28. The number of hydrogen-bond donors (Lipinski definition) is 1. The van der Waals surface area contributed by atoms with Crippen LogP contribution < -0.4 is 10.1 Å². The number of methoxy groups -OCH3 is 1. The summed E-state index contributed by atoms with van der Waals surface area (Å²) >= 11 is 0. The highest BCUT2D eigenvalue weighted by molar-refractivity contribution is 5.93. The first-order valence-corrected chi connectivity index (χ1v) is 8.50. The third-order valence-electron chi connectivity index (χ3n) is 4.48. The number of ether oxygens (including phenoxy) is 1. The first kappa shape index (κ1) is 17.7. The zero-order valence-corrected chi connectivity index (χ0v) is 15.2. The number of anilines is 1. The maximum atomic E-state index is 12.7. The molecule has 26 heavy (non-hydrogen) atoms. The van der Waals surface area contributed by atoms with Gasteiger partial charge in [-0.15, -0.1) is 0 Å². The minimum absolute atomic E-state index is 0.0957. The van der Waals surface area contributed by atoms with E-state index in [1.165, 1.54) is 6.92 Å². The van der Waals surface area contributed by atoms with Crippen LogP contribution in [-0.2, 0) is 9.59 Å². The predicted molar refractivity (Wildman–Crippen MR) is 102 cm³/mol. The molecule has 0 bridgehead atoms. The second-order valence-electron chi connectivity index (χ2n) is 6.34. The van der Waals surface area contributed by atoms with E-state index in [1.54, 1.807) is 18.2 Å². The van der Waals surface area contributed by atoms with Crippen LogP contribution in [-0.4, -0.2) is 23.8 Å². The lowest BCUT2D eigenvalue weighted by molar-refractivity contribution is -0.129. The summed E-state index contributed by atoms with van der Waals surface area (Å²) in [6, 6.07) is 13.1. The molecule has 0 fully saturated rings. The van der Waals surface area contributed by atoms with E-state index in [-0.39, 0.29) is 24.3 Å². The van der Waals surface area contributed by atoms with Gasteiger partial charge in [0.05, 0.1) is 25.3 Å². The molecule has 0 spiro atoms. The van der Waals surface area contributed by atoms with Crippen LogP contribution in [0.15, 0.2) is 48.7 Å². The SMILES string of the molecule is COc1ccc(C)cc1NC(=O)C[C@@H]1c2ccccc2C=CN1C(C)=O. The van der Waals surface area contributed by atoms with Crippen LogP contribution in [0.5, 0.6) is 5.75 Å².